The molecule has 2 aromatic rings. The van der Waals surface area contributed by atoms with Crippen molar-refractivity contribution < 1.29 is 23.9 Å². The molecule has 0 amide bonds. The fraction of sp³-hybridized carbons (Fsp3) is 0.316. The van der Waals surface area contributed by atoms with Crippen molar-refractivity contribution in [2.45, 2.75) is 20.3 Å². The summed E-state index contributed by atoms with van der Waals surface area (Å²) < 4.78 is 16.1. The number of nitrogen functional groups attached to an aromatic ring is 1. The lowest BCUT2D eigenvalue weighted by Gasteiger charge is -2.18. The lowest BCUT2D eigenvalue weighted by atomic mass is 10.2. The highest BCUT2D eigenvalue weighted by molar-refractivity contribution is 5.71. The van der Waals surface area contributed by atoms with Crippen LogP contribution in [0.1, 0.15) is 20.3 Å². The van der Waals surface area contributed by atoms with Crippen LogP contribution in [0.2, 0.25) is 0 Å². The SMILES string of the molecule is CCCOc1cc(N)c(OCCOC(C)=O)cc1NNc1ccc([N+](=O)[O-])cc1. The number of esters is 1. The number of benzene rings is 2. The van der Waals surface area contributed by atoms with Crippen LogP contribution >= 0.6 is 0 Å². The molecule has 10 heteroatoms. The molecule has 0 atom stereocenters. The molecule has 10 nitrogen and oxygen atoms in total. The van der Waals surface area contributed by atoms with Crippen LogP contribution in [0.25, 0.3) is 0 Å². The van der Waals surface area contributed by atoms with E-state index in [-0.39, 0.29) is 24.9 Å². The Morgan fingerprint density at radius 1 is 1.07 bits per heavy atom. The van der Waals surface area contributed by atoms with E-state index < -0.39 is 4.92 Å². The molecule has 0 unspecified atom stereocenters. The minimum atomic E-state index is -0.465. The van der Waals surface area contributed by atoms with Gasteiger partial charge in [-0.05, 0) is 18.6 Å². The molecule has 2 aromatic carbocycles. The first-order chi connectivity index (χ1) is 13.9. The molecule has 0 heterocycles. The molecule has 4 N–H and O–H groups in total. The molecule has 0 saturated carbocycles. The van der Waals surface area contributed by atoms with E-state index in [4.69, 9.17) is 19.9 Å². The summed E-state index contributed by atoms with van der Waals surface area (Å²) >= 11 is 0. The van der Waals surface area contributed by atoms with Gasteiger partial charge in [0.25, 0.3) is 5.69 Å². The van der Waals surface area contributed by atoms with Gasteiger partial charge in [-0.15, -0.1) is 0 Å². The summed E-state index contributed by atoms with van der Waals surface area (Å²) in [6.07, 6.45) is 0.815. The Hall–Kier alpha value is -3.69. The van der Waals surface area contributed by atoms with Crippen LogP contribution in [0, 0.1) is 10.1 Å². The summed E-state index contributed by atoms with van der Waals surface area (Å²) in [4.78, 5) is 21.1. The topological polar surface area (TPSA) is 138 Å². The van der Waals surface area contributed by atoms with Gasteiger partial charge in [-0.3, -0.25) is 20.3 Å². The molecule has 0 spiro atoms. The highest BCUT2D eigenvalue weighted by Gasteiger charge is 2.11. The number of anilines is 3. The monoisotopic (exact) mass is 404 g/mol. The number of nitrogens with zero attached hydrogens (tertiary/aromatic N) is 1. The Balaban J connectivity index is 2.11. The van der Waals surface area contributed by atoms with Crippen LogP contribution < -0.4 is 26.1 Å². The summed E-state index contributed by atoms with van der Waals surface area (Å²) in [5.41, 5.74) is 13.5. The Morgan fingerprint density at radius 2 is 1.76 bits per heavy atom. The third-order valence-electron chi connectivity index (χ3n) is 3.64. The van der Waals surface area contributed by atoms with E-state index in [2.05, 4.69) is 10.9 Å². The van der Waals surface area contributed by atoms with Crippen LogP contribution in [0.15, 0.2) is 36.4 Å². The first kappa shape index (κ1) is 21.6. The van der Waals surface area contributed by atoms with Gasteiger partial charge in [0.05, 0.1) is 28.6 Å². The van der Waals surface area contributed by atoms with Crippen molar-refractivity contribution in [3.63, 3.8) is 0 Å². The summed E-state index contributed by atoms with van der Waals surface area (Å²) in [7, 11) is 0. The first-order valence-corrected chi connectivity index (χ1v) is 8.99. The van der Waals surface area contributed by atoms with E-state index in [1.54, 1.807) is 24.3 Å². The Bertz CT molecular complexity index is 841. The van der Waals surface area contributed by atoms with Crippen LogP contribution in [0.4, 0.5) is 22.7 Å². The highest BCUT2D eigenvalue weighted by Crippen LogP contribution is 2.35. The summed E-state index contributed by atoms with van der Waals surface area (Å²) in [6.45, 7) is 4.05. The molecule has 2 rings (SSSR count). The van der Waals surface area contributed by atoms with Crippen molar-refractivity contribution >= 4 is 28.7 Å². The number of nitrogens with one attached hydrogen (secondary N) is 2. The van der Waals surface area contributed by atoms with Crippen molar-refractivity contribution in [2.24, 2.45) is 0 Å². The van der Waals surface area contributed by atoms with Crippen molar-refractivity contribution in [2.75, 3.05) is 36.4 Å². The molecular weight excluding hydrogens is 380 g/mol. The molecule has 0 bridgehead atoms. The van der Waals surface area contributed by atoms with E-state index in [1.807, 2.05) is 6.92 Å². The van der Waals surface area contributed by atoms with Crippen LogP contribution in [-0.2, 0) is 9.53 Å². The molecule has 0 aliphatic heterocycles. The summed E-state index contributed by atoms with van der Waals surface area (Å²) in [6, 6.07) is 9.23. The van der Waals surface area contributed by atoms with Crippen LogP contribution in [0.3, 0.4) is 0 Å². The van der Waals surface area contributed by atoms with Crippen LogP contribution in [-0.4, -0.2) is 30.7 Å². The Labute approximate surface area is 168 Å². The zero-order chi connectivity index (χ0) is 21.2. The van der Waals surface area contributed by atoms with Gasteiger partial charge >= 0.3 is 5.97 Å². The lowest BCUT2D eigenvalue weighted by molar-refractivity contribution is -0.384. The van der Waals surface area contributed by atoms with E-state index in [9.17, 15) is 14.9 Å². The minimum Gasteiger partial charge on any atom is -0.491 e. The third-order valence-corrected chi connectivity index (χ3v) is 3.64. The zero-order valence-corrected chi connectivity index (χ0v) is 16.3. The van der Waals surface area contributed by atoms with Gasteiger partial charge in [-0.2, -0.15) is 0 Å². The van der Waals surface area contributed by atoms with E-state index >= 15 is 0 Å². The number of hydrogen-bond donors (Lipinski definition) is 3. The second-order valence-corrected chi connectivity index (χ2v) is 5.98. The normalized spacial score (nSPS) is 10.1. The molecule has 0 aliphatic carbocycles. The number of hydrogen-bond acceptors (Lipinski definition) is 9. The highest BCUT2D eigenvalue weighted by atomic mass is 16.6. The number of carbonyl (C=O) groups is 1. The number of non-ortho nitro benzene ring substituents is 1. The number of nitro groups is 1. The van der Waals surface area contributed by atoms with Gasteiger partial charge in [-0.1, -0.05) is 6.92 Å². The number of carbonyl (C=O) groups excluding carboxylic acids is 1. The second-order valence-electron chi connectivity index (χ2n) is 5.98. The fourth-order valence-electron chi connectivity index (χ4n) is 2.27. The second kappa shape index (κ2) is 10.6. The largest absolute Gasteiger partial charge is 0.491 e. The quantitative estimate of drug-likeness (QED) is 0.169. The van der Waals surface area contributed by atoms with E-state index in [0.29, 0.717) is 35.2 Å². The van der Waals surface area contributed by atoms with Crippen molar-refractivity contribution in [1.82, 2.24) is 0 Å². The number of rotatable bonds is 11. The molecule has 0 aliphatic rings. The van der Waals surface area contributed by atoms with E-state index in [0.717, 1.165) is 6.42 Å². The van der Waals surface area contributed by atoms with Crippen LogP contribution in [0.5, 0.6) is 11.5 Å². The number of nitrogens with two attached hydrogens (primary N) is 1. The summed E-state index contributed by atoms with van der Waals surface area (Å²) in [5, 5.41) is 10.8. The molecular formula is C19H24N4O6. The van der Waals surface area contributed by atoms with Gasteiger partial charge in [0.15, 0.2) is 0 Å². The van der Waals surface area contributed by atoms with E-state index in [1.165, 1.54) is 19.1 Å². The molecule has 0 saturated heterocycles. The minimum absolute atomic E-state index is 0.00142. The van der Waals surface area contributed by atoms with Gasteiger partial charge in [0, 0.05) is 31.2 Å². The molecule has 29 heavy (non-hydrogen) atoms. The predicted molar refractivity (Wildman–Crippen MR) is 109 cm³/mol. The standard InChI is InChI=1S/C19H24N4O6/c1-3-8-28-19-11-16(20)18(29-10-9-27-13(2)24)12-17(19)22-21-14-4-6-15(7-5-14)23(25)26/h4-7,11-12,21-22H,3,8-10,20H2,1-2H3. The maximum atomic E-state index is 10.8. The van der Waals surface area contributed by atoms with Crippen molar-refractivity contribution in [3.05, 3.63) is 46.5 Å². The Morgan fingerprint density at radius 3 is 2.38 bits per heavy atom. The average Bonchev–Trinajstić information content (AvgIpc) is 2.69. The number of ether oxygens (including phenoxy) is 3. The van der Waals surface area contributed by atoms with Gasteiger partial charge in [-0.25, -0.2) is 0 Å². The molecule has 0 fully saturated rings. The predicted octanol–water partition coefficient (Wildman–Crippen LogP) is 3.35. The summed E-state index contributed by atoms with van der Waals surface area (Å²) in [5.74, 6) is 0.527. The lowest BCUT2D eigenvalue weighted by Crippen LogP contribution is -2.13. The number of hydrazine groups is 1. The third kappa shape index (κ3) is 6.76. The number of nitro benzene ring substituents is 1. The Kier molecular flexibility index (Phi) is 7.89. The maximum Gasteiger partial charge on any atom is 0.302 e. The van der Waals surface area contributed by atoms with Gasteiger partial charge in [0.2, 0.25) is 0 Å². The van der Waals surface area contributed by atoms with Gasteiger partial charge < -0.3 is 25.4 Å². The zero-order valence-electron chi connectivity index (χ0n) is 16.3. The maximum absolute atomic E-state index is 10.8. The first-order valence-electron chi connectivity index (χ1n) is 8.99. The average molecular weight is 404 g/mol. The molecule has 0 aromatic heterocycles. The van der Waals surface area contributed by atoms with Crippen molar-refractivity contribution in [1.29, 1.82) is 0 Å². The molecule has 156 valence electrons. The fourth-order valence-corrected chi connectivity index (χ4v) is 2.27. The molecule has 0 radical (unpaired) electrons. The smallest absolute Gasteiger partial charge is 0.302 e. The van der Waals surface area contributed by atoms with Gasteiger partial charge in [0.1, 0.15) is 24.7 Å². The van der Waals surface area contributed by atoms with Crippen molar-refractivity contribution in [3.8, 4) is 11.5 Å².